The molecule has 1 unspecified atom stereocenters. The third-order valence-corrected chi connectivity index (χ3v) is 6.76. The Morgan fingerprint density at radius 2 is 1.71 bits per heavy atom. The molecule has 4 nitrogen and oxygen atoms in total. The third kappa shape index (κ3) is 4.14. The van der Waals surface area contributed by atoms with Gasteiger partial charge in [-0.15, -0.1) is 6.58 Å². The van der Waals surface area contributed by atoms with Crippen LogP contribution in [0, 0.1) is 5.92 Å². The molecule has 1 atom stereocenters. The van der Waals surface area contributed by atoms with Crippen molar-refractivity contribution in [2.24, 2.45) is 5.92 Å². The van der Waals surface area contributed by atoms with Crippen molar-refractivity contribution < 1.29 is 13.2 Å². The van der Waals surface area contributed by atoms with Crippen LogP contribution in [0.1, 0.15) is 36.8 Å². The Balaban J connectivity index is 1.54. The molecule has 1 saturated heterocycles. The van der Waals surface area contributed by atoms with Crippen molar-refractivity contribution in [2.75, 3.05) is 5.75 Å². The summed E-state index contributed by atoms with van der Waals surface area (Å²) < 4.78 is 32.8. The minimum Gasteiger partial charge on any atom is -0.457 e. The summed E-state index contributed by atoms with van der Waals surface area (Å²) in [4.78, 5) is 0. The van der Waals surface area contributed by atoms with Crippen LogP contribution in [-0.4, -0.2) is 14.2 Å². The first-order valence-corrected chi connectivity index (χ1v) is 11.4. The van der Waals surface area contributed by atoms with Crippen LogP contribution in [0.4, 0.5) is 0 Å². The molecule has 1 aliphatic carbocycles. The number of allylic oxidation sites excluding steroid dienone is 3. The van der Waals surface area contributed by atoms with Gasteiger partial charge < -0.3 is 4.74 Å². The van der Waals surface area contributed by atoms with Crippen molar-refractivity contribution in [1.82, 2.24) is 4.72 Å². The second kappa shape index (κ2) is 7.84. The standard InChI is InChI=1S/C23H25NO3S/c1-2-4-17-7-11-20(12-8-17)27-21-13-9-18(10-14-21)22-6-3-5-19-15-16-28(25,26)24-23(19)22/h2,7-14,19,24H,1,3-6,15-16H2. The maximum absolute atomic E-state index is 12.0. The fraction of sp³-hybridized carbons (Fsp3) is 0.304. The van der Waals surface area contributed by atoms with Gasteiger partial charge in [-0.2, -0.15) is 0 Å². The van der Waals surface area contributed by atoms with Crippen molar-refractivity contribution >= 4 is 15.6 Å². The molecule has 2 aromatic rings. The van der Waals surface area contributed by atoms with Gasteiger partial charge in [0.2, 0.25) is 10.0 Å². The second-order valence-electron chi connectivity index (χ2n) is 7.45. The molecule has 1 fully saturated rings. The smallest absolute Gasteiger partial charge is 0.232 e. The van der Waals surface area contributed by atoms with E-state index in [9.17, 15) is 8.42 Å². The number of fused-ring (bicyclic) bond motifs is 1. The molecule has 1 aliphatic heterocycles. The normalized spacial score (nSPS) is 20.8. The van der Waals surface area contributed by atoms with Crippen LogP contribution in [0.5, 0.6) is 11.5 Å². The van der Waals surface area contributed by atoms with Crippen LogP contribution in [0.25, 0.3) is 5.57 Å². The second-order valence-corrected chi connectivity index (χ2v) is 9.30. The first-order chi connectivity index (χ1) is 13.5. The van der Waals surface area contributed by atoms with E-state index in [0.717, 1.165) is 60.4 Å². The summed E-state index contributed by atoms with van der Waals surface area (Å²) in [5.41, 5.74) is 4.30. The van der Waals surface area contributed by atoms with Crippen molar-refractivity contribution in [3.8, 4) is 11.5 Å². The molecule has 2 aromatic carbocycles. The van der Waals surface area contributed by atoms with E-state index in [-0.39, 0.29) is 5.75 Å². The maximum atomic E-state index is 12.0. The van der Waals surface area contributed by atoms with Gasteiger partial charge in [0.25, 0.3) is 0 Å². The van der Waals surface area contributed by atoms with Crippen LogP contribution in [0.2, 0.25) is 0 Å². The van der Waals surface area contributed by atoms with Gasteiger partial charge in [-0.05, 0) is 73.1 Å². The Morgan fingerprint density at radius 1 is 1.04 bits per heavy atom. The van der Waals surface area contributed by atoms with Gasteiger partial charge in [0.15, 0.2) is 0 Å². The zero-order chi connectivity index (χ0) is 19.6. The monoisotopic (exact) mass is 395 g/mol. The first kappa shape index (κ1) is 18.8. The van der Waals surface area contributed by atoms with Gasteiger partial charge >= 0.3 is 0 Å². The fourth-order valence-corrected chi connectivity index (χ4v) is 5.34. The van der Waals surface area contributed by atoms with E-state index >= 15 is 0 Å². The molecule has 1 N–H and O–H groups in total. The zero-order valence-electron chi connectivity index (χ0n) is 15.9. The van der Waals surface area contributed by atoms with Crippen LogP contribution < -0.4 is 9.46 Å². The molecule has 4 rings (SSSR count). The molecule has 1 heterocycles. The molecule has 2 aliphatic rings. The topological polar surface area (TPSA) is 55.4 Å². The quantitative estimate of drug-likeness (QED) is 0.722. The Morgan fingerprint density at radius 3 is 2.39 bits per heavy atom. The SMILES string of the molecule is C=CCc1ccc(Oc2ccc(C3=C4NS(=O)(=O)CCC4CCC3)cc2)cc1. The summed E-state index contributed by atoms with van der Waals surface area (Å²) in [6.45, 7) is 3.75. The number of rotatable bonds is 5. The summed E-state index contributed by atoms with van der Waals surface area (Å²) in [5.74, 6) is 2.12. The lowest BCUT2D eigenvalue weighted by Gasteiger charge is -2.33. The lowest BCUT2D eigenvalue weighted by Crippen LogP contribution is -2.38. The largest absolute Gasteiger partial charge is 0.457 e. The van der Waals surface area contributed by atoms with Crippen molar-refractivity contribution in [3.05, 3.63) is 78.0 Å². The average molecular weight is 396 g/mol. The minimum atomic E-state index is -3.19. The lowest BCUT2D eigenvalue weighted by molar-refractivity contribution is 0.463. The molecule has 0 saturated carbocycles. The van der Waals surface area contributed by atoms with Gasteiger partial charge in [-0.25, -0.2) is 8.42 Å². The summed E-state index contributed by atoms with van der Waals surface area (Å²) in [7, 11) is -3.19. The highest BCUT2D eigenvalue weighted by molar-refractivity contribution is 7.89. The molecule has 0 spiro atoms. The summed E-state index contributed by atoms with van der Waals surface area (Å²) >= 11 is 0. The van der Waals surface area contributed by atoms with Crippen molar-refractivity contribution in [3.63, 3.8) is 0 Å². The molecule has 28 heavy (non-hydrogen) atoms. The molecule has 0 radical (unpaired) electrons. The van der Waals surface area contributed by atoms with Crippen LogP contribution in [0.15, 0.2) is 66.9 Å². The highest BCUT2D eigenvalue weighted by Crippen LogP contribution is 2.39. The van der Waals surface area contributed by atoms with Crippen molar-refractivity contribution in [2.45, 2.75) is 32.1 Å². The number of hydrogen-bond donors (Lipinski definition) is 1. The lowest BCUT2D eigenvalue weighted by atomic mass is 9.83. The van der Waals surface area contributed by atoms with Gasteiger partial charge in [-0.1, -0.05) is 30.3 Å². The molecule has 0 amide bonds. The van der Waals surface area contributed by atoms with Gasteiger partial charge in [0.1, 0.15) is 11.5 Å². The average Bonchev–Trinajstić information content (AvgIpc) is 2.69. The summed E-state index contributed by atoms with van der Waals surface area (Å²) in [5, 5.41) is 0. The highest BCUT2D eigenvalue weighted by atomic mass is 32.2. The minimum absolute atomic E-state index is 0.229. The van der Waals surface area contributed by atoms with E-state index in [0.29, 0.717) is 5.92 Å². The molecule has 146 valence electrons. The predicted octanol–water partition coefficient (Wildman–Crippen LogP) is 5.04. The Labute approximate surface area is 167 Å². The highest BCUT2D eigenvalue weighted by Gasteiger charge is 2.32. The van der Waals surface area contributed by atoms with E-state index in [4.69, 9.17) is 4.74 Å². The van der Waals surface area contributed by atoms with E-state index in [1.165, 1.54) is 5.56 Å². The molecular weight excluding hydrogens is 370 g/mol. The van der Waals surface area contributed by atoms with Crippen molar-refractivity contribution in [1.29, 1.82) is 0 Å². The van der Waals surface area contributed by atoms with Gasteiger partial charge in [0, 0.05) is 11.6 Å². The number of hydrogen-bond acceptors (Lipinski definition) is 3. The molecule has 0 bridgehead atoms. The predicted molar refractivity (Wildman–Crippen MR) is 113 cm³/mol. The Kier molecular flexibility index (Phi) is 5.27. The Bertz CT molecular complexity index is 989. The van der Waals surface area contributed by atoms with Crippen LogP contribution in [-0.2, 0) is 16.4 Å². The number of sulfonamides is 1. The van der Waals surface area contributed by atoms with Gasteiger partial charge in [-0.3, -0.25) is 4.72 Å². The molecule has 5 heteroatoms. The van der Waals surface area contributed by atoms with Crippen LogP contribution in [0.3, 0.4) is 0 Å². The molecular formula is C23H25NO3S. The summed E-state index contributed by atoms with van der Waals surface area (Å²) in [6.07, 6.45) is 6.51. The van der Waals surface area contributed by atoms with E-state index in [2.05, 4.69) is 11.3 Å². The van der Waals surface area contributed by atoms with E-state index in [1.54, 1.807) is 0 Å². The molecule has 0 aromatic heterocycles. The van der Waals surface area contributed by atoms with Crippen LogP contribution >= 0.6 is 0 Å². The zero-order valence-corrected chi connectivity index (χ0v) is 16.7. The van der Waals surface area contributed by atoms with E-state index in [1.807, 2.05) is 54.6 Å². The Hall–Kier alpha value is -2.53. The third-order valence-electron chi connectivity index (χ3n) is 5.46. The number of benzene rings is 2. The fourth-order valence-electron chi connectivity index (χ4n) is 4.02. The van der Waals surface area contributed by atoms with E-state index < -0.39 is 10.0 Å². The maximum Gasteiger partial charge on any atom is 0.232 e. The van der Waals surface area contributed by atoms with Gasteiger partial charge in [0.05, 0.1) is 5.75 Å². The number of nitrogens with one attached hydrogen (secondary N) is 1. The first-order valence-electron chi connectivity index (χ1n) is 9.76. The summed E-state index contributed by atoms with van der Waals surface area (Å²) in [6, 6.07) is 15.9. The number of ether oxygens (including phenoxy) is 1.